The van der Waals surface area contributed by atoms with E-state index in [0.717, 1.165) is 5.56 Å². The van der Waals surface area contributed by atoms with Crippen molar-refractivity contribution in [1.29, 1.82) is 0 Å². The number of anilines is 1. The fourth-order valence-electron chi connectivity index (χ4n) is 2.85. The minimum absolute atomic E-state index is 0.0548. The third kappa shape index (κ3) is 6.27. The van der Waals surface area contributed by atoms with Gasteiger partial charge in [-0.05, 0) is 36.8 Å². The van der Waals surface area contributed by atoms with Crippen LogP contribution >= 0.6 is 0 Å². The van der Waals surface area contributed by atoms with Crippen molar-refractivity contribution in [2.45, 2.75) is 13.5 Å². The Morgan fingerprint density at radius 2 is 1.35 bits per heavy atom. The molecule has 0 fully saturated rings. The quantitative estimate of drug-likeness (QED) is 0.414. The number of rotatable bonds is 9. The van der Waals surface area contributed by atoms with Crippen LogP contribution in [0.4, 0.5) is 5.69 Å². The Hall–Kier alpha value is -3.93. The average molecular weight is 417 g/mol. The first-order valence-electron chi connectivity index (χ1n) is 9.92. The van der Waals surface area contributed by atoms with E-state index in [-0.39, 0.29) is 24.9 Å². The zero-order chi connectivity index (χ0) is 22.1. The normalized spacial score (nSPS) is 10.2. The van der Waals surface area contributed by atoms with Crippen molar-refractivity contribution in [1.82, 2.24) is 0 Å². The Morgan fingerprint density at radius 3 is 2.00 bits per heavy atom. The molecule has 6 nitrogen and oxygen atoms in total. The molecule has 0 aliphatic carbocycles. The summed E-state index contributed by atoms with van der Waals surface area (Å²) < 4.78 is 10.2. The lowest BCUT2D eigenvalue weighted by Gasteiger charge is -2.08. The summed E-state index contributed by atoms with van der Waals surface area (Å²) in [5.74, 6) is -0.857. The monoisotopic (exact) mass is 417 g/mol. The van der Waals surface area contributed by atoms with E-state index in [2.05, 4.69) is 5.32 Å². The summed E-state index contributed by atoms with van der Waals surface area (Å²) in [4.78, 5) is 36.1. The third-order valence-corrected chi connectivity index (χ3v) is 4.48. The van der Waals surface area contributed by atoms with Crippen LogP contribution in [-0.2, 0) is 20.9 Å². The Kier molecular flexibility index (Phi) is 7.54. The summed E-state index contributed by atoms with van der Waals surface area (Å²) in [6, 6.07) is 22.7. The van der Waals surface area contributed by atoms with Crippen molar-refractivity contribution in [3.63, 3.8) is 0 Å². The third-order valence-electron chi connectivity index (χ3n) is 4.48. The molecule has 31 heavy (non-hydrogen) atoms. The molecule has 0 aliphatic rings. The summed E-state index contributed by atoms with van der Waals surface area (Å²) in [7, 11) is 0. The minimum Gasteiger partial charge on any atom is -0.465 e. The number of hydrogen-bond donors (Lipinski definition) is 1. The van der Waals surface area contributed by atoms with Crippen LogP contribution in [0.15, 0.2) is 78.9 Å². The molecule has 6 heteroatoms. The van der Waals surface area contributed by atoms with Gasteiger partial charge < -0.3 is 14.8 Å². The maximum atomic E-state index is 12.4. The summed E-state index contributed by atoms with van der Waals surface area (Å²) >= 11 is 0. The first-order chi connectivity index (χ1) is 15.1. The van der Waals surface area contributed by atoms with E-state index in [1.807, 2.05) is 18.2 Å². The molecule has 0 spiro atoms. The molecule has 0 aromatic heterocycles. The van der Waals surface area contributed by atoms with Gasteiger partial charge in [0.25, 0.3) is 0 Å². The van der Waals surface area contributed by atoms with Gasteiger partial charge in [0.1, 0.15) is 13.2 Å². The minimum atomic E-state index is -0.457. The molecule has 3 rings (SSSR count). The highest BCUT2D eigenvalue weighted by Gasteiger charge is 2.10. The molecule has 0 unspecified atom stereocenters. The van der Waals surface area contributed by atoms with E-state index in [9.17, 15) is 14.4 Å². The first kappa shape index (κ1) is 21.8. The summed E-state index contributed by atoms with van der Waals surface area (Å²) in [6.45, 7) is 2.23. The molecule has 0 aliphatic heterocycles. The summed E-state index contributed by atoms with van der Waals surface area (Å²) in [5.41, 5.74) is 3.08. The van der Waals surface area contributed by atoms with Crippen LogP contribution in [-0.4, -0.2) is 30.9 Å². The van der Waals surface area contributed by atoms with Gasteiger partial charge >= 0.3 is 11.9 Å². The molecule has 158 valence electrons. The van der Waals surface area contributed by atoms with Crippen molar-refractivity contribution in [2.75, 3.05) is 18.5 Å². The molecular weight excluding hydrogens is 394 g/mol. The molecule has 1 N–H and O–H groups in total. The highest BCUT2D eigenvalue weighted by atomic mass is 16.5. The number of carbonyl (C=O) groups excluding carboxylic acids is 3. The molecule has 0 bridgehead atoms. The van der Waals surface area contributed by atoms with Gasteiger partial charge in [-0.3, -0.25) is 9.59 Å². The number of ether oxygens (including phenoxy) is 2. The lowest BCUT2D eigenvalue weighted by Crippen LogP contribution is -2.16. The zero-order valence-corrected chi connectivity index (χ0v) is 17.2. The molecule has 0 amide bonds. The molecule has 0 radical (unpaired) electrons. The van der Waals surface area contributed by atoms with Gasteiger partial charge in [-0.2, -0.15) is 0 Å². The predicted octanol–water partition coefficient (Wildman–Crippen LogP) is 4.25. The van der Waals surface area contributed by atoms with Gasteiger partial charge in [0, 0.05) is 16.8 Å². The zero-order valence-electron chi connectivity index (χ0n) is 17.2. The number of benzene rings is 3. The number of hydrogen-bond acceptors (Lipinski definition) is 6. The Labute approximate surface area is 180 Å². The van der Waals surface area contributed by atoms with E-state index in [0.29, 0.717) is 29.0 Å². The van der Waals surface area contributed by atoms with E-state index in [1.165, 1.54) is 0 Å². The van der Waals surface area contributed by atoms with Gasteiger partial charge in [-0.15, -0.1) is 0 Å². The van der Waals surface area contributed by atoms with Crippen LogP contribution in [0.25, 0.3) is 0 Å². The molecule has 0 atom stereocenters. The van der Waals surface area contributed by atoms with E-state index in [1.54, 1.807) is 67.6 Å². The number of ketones is 1. The number of carbonyl (C=O) groups is 3. The number of esters is 2. The van der Waals surface area contributed by atoms with Crippen molar-refractivity contribution in [3.05, 3.63) is 101 Å². The Bertz CT molecular complexity index is 1030. The summed E-state index contributed by atoms with van der Waals surface area (Å²) in [6.07, 6.45) is 0. The van der Waals surface area contributed by atoms with E-state index >= 15 is 0 Å². The van der Waals surface area contributed by atoms with Crippen LogP contribution in [0.2, 0.25) is 0 Å². The summed E-state index contributed by atoms with van der Waals surface area (Å²) in [5, 5.41) is 2.93. The average Bonchev–Trinajstić information content (AvgIpc) is 2.82. The molecule has 0 saturated heterocycles. The van der Waals surface area contributed by atoms with Crippen LogP contribution in [0.3, 0.4) is 0 Å². The standard InChI is InChI=1S/C25H23NO5/c1-2-30-23(27)16-26-22-14-12-21(13-15-22)25(29)31-17-18-8-10-20(11-9-18)24(28)19-6-4-3-5-7-19/h3-15,26H,2,16-17H2,1H3. The van der Waals surface area contributed by atoms with Crippen LogP contribution in [0.5, 0.6) is 0 Å². The maximum absolute atomic E-state index is 12.4. The van der Waals surface area contributed by atoms with Crippen LogP contribution in [0.1, 0.15) is 38.8 Å². The second-order valence-corrected chi connectivity index (χ2v) is 6.70. The highest BCUT2D eigenvalue weighted by Crippen LogP contribution is 2.14. The molecule has 3 aromatic carbocycles. The van der Waals surface area contributed by atoms with Crippen molar-refractivity contribution < 1.29 is 23.9 Å². The highest BCUT2D eigenvalue weighted by molar-refractivity contribution is 6.08. The largest absolute Gasteiger partial charge is 0.465 e. The second-order valence-electron chi connectivity index (χ2n) is 6.70. The van der Waals surface area contributed by atoms with E-state index in [4.69, 9.17) is 9.47 Å². The number of nitrogens with one attached hydrogen (secondary N) is 1. The smallest absolute Gasteiger partial charge is 0.338 e. The molecule has 0 saturated carbocycles. The SMILES string of the molecule is CCOC(=O)CNc1ccc(C(=O)OCc2ccc(C(=O)c3ccccc3)cc2)cc1. The Morgan fingerprint density at radius 1 is 0.742 bits per heavy atom. The van der Waals surface area contributed by atoms with Crippen molar-refractivity contribution >= 4 is 23.4 Å². The maximum Gasteiger partial charge on any atom is 0.338 e. The van der Waals surface area contributed by atoms with Crippen molar-refractivity contribution in [2.24, 2.45) is 0 Å². The van der Waals surface area contributed by atoms with Crippen molar-refractivity contribution in [3.8, 4) is 0 Å². The molecule has 3 aromatic rings. The molecular formula is C25H23NO5. The van der Waals surface area contributed by atoms with Crippen LogP contribution in [0, 0.1) is 0 Å². The van der Waals surface area contributed by atoms with E-state index < -0.39 is 5.97 Å². The second kappa shape index (κ2) is 10.7. The van der Waals surface area contributed by atoms with Gasteiger partial charge in [0.2, 0.25) is 0 Å². The topological polar surface area (TPSA) is 81.7 Å². The van der Waals surface area contributed by atoms with Gasteiger partial charge in [-0.1, -0.05) is 54.6 Å². The lowest BCUT2D eigenvalue weighted by molar-refractivity contribution is -0.140. The predicted molar refractivity (Wildman–Crippen MR) is 117 cm³/mol. The van der Waals surface area contributed by atoms with Gasteiger partial charge in [0.15, 0.2) is 5.78 Å². The van der Waals surface area contributed by atoms with Gasteiger partial charge in [0.05, 0.1) is 12.2 Å². The first-order valence-corrected chi connectivity index (χ1v) is 9.92. The van der Waals surface area contributed by atoms with Gasteiger partial charge in [-0.25, -0.2) is 4.79 Å². The Balaban J connectivity index is 1.51. The molecule has 0 heterocycles. The lowest BCUT2D eigenvalue weighted by atomic mass is 10.0. The fraction of sp³-hybridized carbons (Fsp3) is 0.160. The fourth-order valence-corrected chi connectivity index (χ4v) is 2.85. The van der Waals surface area contributed by atoms with Crippen LogP contribution < -0.4 is 5.32 Å².